The molecular formula is C19H17ClFN3O2S. The lowest BCUT2D eigenvalue weighted by Crippen LogP contribution is -2.00. The maximum Gasteiger partial charge on any atom is 0.203 e. The molecule has 2 aromatic carbocycles. The Morgan fingerprint density at radius 2 is 2.11 bits per heavy atom. The van der Waals surface area contributed by atoms with Crippen molar-refractivity contribution in [2.24, 2.45) is 5.10 Å². The fourth-order valence-corrected chi connectivity index (χ4v) is 3.11. The van der Waals surface area contributed by atoms with Crippen LogP contribution >= 0.6 is 22.9 Å². The zero-order chi connectivity index (χ0) is 19.2. The van der Waals surface area contributed by atoms with Crippen LogP contribution in [0.1, 0.15) is 16.8 Å². The van der Waals surface area contributed by atoms with Crippen molar-refractivity contribution >= 4 is 34.3 Å². The Kier molecular flexibility index (Phi) is 6.26. The number of anilines is 1. The van der Waals surface area contributed by atoms with Gasteiger partial charge >= 0.3 is 0 Å². The van der Waals surface area contributed by atoms with Crippen LogP contribution in [0.4, 0.5) is 9.52 Å². The molecular weight excluding hydrogens is 389 g/mol. The molecule has 0 aliphatic heterocycles. The topological polar surface area (TPSA) is 55.7 Å². The molecule has 0 aliphatic carbocycles. The van der Waals surface area contributed by atoms with Gasteiger partial charge in [-0.2, -0.15) is 5.10 Å². The number of methoxy groups -OCH3 is 1. The van der Waals surface area contributed by atoms with Crippen molar-refractivity contribution < 1.29 is 13.9 Å². The molecule has 1 aromatic heterocycles. The van der Waals surface area contributed by atoms with E-state index in [1.54, 1.807) is 31.5 Å². The summed E-state index contributed by atoms with van der Waals surface area (Å²) in [7, 11) is 1.56. The van der Waals surface area contributed by atoms with E-state index < -0.39 is 0 Å². The highest BCUT2D eigenvalue weighted by Crippen LogP contribution is 2.29. The van der Waals surface area contributed by atoms with Crippen LogP contribution in [0.5, 0.6) is 11.5 Å². The number of hydrogen-bond acceptors (Lipinski definition) is 6. The minimum Gasteiger partial charge on any atom is -0.493 e. The van der Waals surface area contributed by atoms with E-state index in [4.69, 9.17) is 21.1 Å². The summed E-state index contributed by atoms with van der Waals surface area (Å²) >= 11 is 7.53. The molecule has 0 aliphatic rings. The number of benzene rings is 2. The van der Waals surface area contributed by atoms with Crippen LogP contribution in [0, 0.1) is 12.7 Å². The largest absolute Gasteiger partial charge is 0.493 e. The van der Waals surface area contributed by atoms with E-state index in [1.165, 1.54) is 23.5 Å². The lowest BCUT2D eigenvalue weighted by atomic mass is 10.2. The Bertz CT molecular complexity index is 962. The van der Waals surface area contributed by atoms with E-state index in [1.807, 2.05) is 18.4 Å². The van der Waals surface area contributed by atoms with E-state index in [2.05, 4.69) is 15.5 Å². The zero-order valence-corrected chi connectivity index (χ0v) is 16.3. The summed E-state index contributed by atoms with van der Waals surface area (Å²) in [4.78, 5) is 4.27. The van der Waals surface area contributed by atoms with Crippen molar-refractivity contribution in [1.82, 2.24) is 4.98 Å². The Morgan fingerprint density at radius 1 is 1.26 bits per heavy atom. The van der Waals surface area contributed by atoms with Crippen molar-refractivity contribution in [3.63, 3.8) is 0 Å². The number of hydrazone groups is 1. The summed E-state index contributed by atoms with van der Waals surface area (Å²) in [6.07, 6.45) is 1.66. The van der Waals surface area contributed by atoms with Gasteiger partial charge in [-0.1, -0.05) is 17.7 Å². The van der Waals surface area contributed by atoms with Crippen LogP contribution in [-0.4, -0.2) is 18.3 Å². The van der Waals surface area contributed by atoms with Gasteiger partial charge in [-0.15, -0.1) is 11.3 Å². The number of thiazole rings is 1. The number of rotatable bonds is 7. The van der Waals surface area contributed by atoms with Gasteiger partial charge in [-0.3, -0.25) is 5.43 Å². The zero-order valence-electron chi connectivity index (χ0n) is 14.7. The Balaban J connectivity index is 1.70. The summed E-state index contributed by atoms with van der Waals surface area (Å²) in [5.74, 6) is 0.725. The van der Waals surface area contributed by atoms with Crippen LogP contribution < -0.4 is 14.9 Å². The lowest BCUT2D eigenvalue weighted by Gasteiger charge is -2.12. The molecule has 1 heterocycles. The van der Waals surface area contributed by atoms with Crippen molar-refractivity contribution in [3.05, 3.63) is 69.4 Å². The van der Waals surface area contributed by atoms with Crippen LogP contribution in [0.3, 0.4) is 0 Å². The highest BCUT2D eigenvalue weighted by atomic mass is 35.5. The predicted molar refractivity (Wildman–Crippen MR) is 107 cm³/mol. The second-order valence-corrected chi connectivity index (χ2v) is 6.86. The van der Waals surface area contributed by atoms with Gasteiger partial charge in [-0.05, 0) is 42.8 Å². The molecule has 0 saturated heterocycles. The fraction of sp³-hybridized carbons (Fsp3) is 0.158. The molecule has 3 aromatic rings. The first kappa shape index (κ1) is 19.1. The number of halogens is 2. The molecule has 27 heavy (non-hydrogen) atoms. The van der Waals surface area contributed by atoms with Gasteiger partial charge in [0.15, 0.2) is 11.5 Å². The molecule has 0 unspecified atom stereocenters. The Hall–Kier alpha value is -2.64. The van der Waals surface area contributed by atoms with Gasteiger partial charge in [0.2, 0.25) is 5.13 Å². The predicted octanol–water partition coefficient (Wildman–Crippen LogP) is 5.28. The molecule has 140 valence electrons. The summed E-state index contributed by atoms with van der Waals surface area (Å²) in [6, 6.07) is 9.64. The molecule has 0 saturated carbocycles. The summed E-state index contributed by atoms with van der Waals surface area (Å²) in [5.41, 5.74) is 5.32. The maximum absolute atomic E-state index is 13.2. The molecule has 0 fully saturated rings. The average molecular weight is 406 g/mol. The van der Waals surface area contributed by atoms with Crippen LogP contribution in [-0.2, 0) is 6.61 Å². The Morgan fingerprint density at radius 3 is 2.81 bits per heavy atom. The van der Waals surface area contributed by atoms with Gasteiger partial charge in [0.1, 0.15) is 12.4 Å². The van der Waals surface area contributed by atoms with Gasteiger partial charge < -0.3 is 9.47 Å². The molecule has 8 heteroatoms. The monoisotopic (exact) mass is 405 g/mol. The quantitative estimate of drug-likeness (QED) is 0.429. The van der Waals surface area contributed by atoms with E-state index in [-0.39, 0.29) is 12.4 Å². The Labute approximate surface area is 165 Å². The minimum atomic E-state index is -0.387. The van der Waals surface area contributed by atoms with Gasteiger partial charge in [-0.25, -0.2) is 9.37 Å². The third-order valence-electron chi connectivity index (χ3n) is 3.58. The number of ether oxygens (including phenoxy) is 2. The van der Waals surface area contributed by atoms with E-state index in [0.29, 0.717) is 22.1 Å². The third-order valence-corrected chi connectivity index (χ3v) is 4.80. The molecule has 1 N–H and O–H groups in total. The molecule has 0 bridgehead atoms. The van der Waals surface area contributed by atoms with Gasteiger partial charge in [0, 0.05) is 10.9 Å². The number of aromatic nitrogens is 1. The van der Waals surface area contributed by atoms with E-state index in [0.717, 1.165) is 16.4 Å². The highest BCUT2D eigenvalue weighted by molar-refractivity contribution is 7.13. The van der Waals surface area contributed by atoms with Gasteiger partial charge in [0.05, 0.1) is 24.0 Å². The van der Waals surface area contributed by atoms with Crippen LogP contribution in [0.15, 0.2) is 46.9 Å². The average Bonchev–Trinajstić information content (AvgIpc) is 3.06. The summed E-state index contributed by atoms with van der Waals surface area (Å²) in [5, 5.41) is 7.16. The van der Waals surface area contributed by atoms with Crippen LogP contribution in [0.25, 0.3) is 0 Å². The number of nitrogens with one attached hydrogen (secondary N) is 1. The van der Waals surface area contributed by atoms with Crippen molar-refractivity contribution in [2.45, 2.75) is 13.5 Å². The lowest BCUT2D eigenvalue weighted by molar-refractivity contribution is 0.284. The van der Waals surface area contributed by atoms with E-state index >= 15 is 0 Å². The number of aryl methyl sites for hydroxylation is 1. The molecule has 0 amide bonds. The summed E-state index contributed by atoms with van der Waals surface area (Å²) < 4.78 is 24.3. The molecule has 0 atom stereocenters. The minimum absolute atomic E-state index is 0.187. The van der Waals surface area contributed by atoms with E-state index in [9.17, 15) is 4.39 Å². The maximum atomic E-state index is 13.2. The first-order valence-corrected chi connectivity index (χ1v) is 9.27. The molecule has 0 spiro atoms. The molecule has 3 rings (SSSR count). The standard InChI is InChI=1S/C19H17ClFN3O2S/c1-12-11-27-19(23-12)24-22-9-13-3-6-17(25-2)18(7-13)26-10-14-4-5-15(21)8-16(14)20/h3-9,11H,10H2,1-2H3,(H,23,24). The fourth-order valence-electron chi connectivity index (χ4n) is 2.25. The van der Waals surface area contributed by atoms with Crippen molar-refractivity contribution in [3.8, 4) is 11.5 Å². The van der Waals surface area contributed by atoms with Crippen LogP contribution in [0.2, 0.25) is 5.02 Å². The third kappa shape index (κ3) is 5.18. The second-order valence-electron chi connectivity index (χ2n) is 5.60. The first-order valence-electron chi connectivity index (χ1n) is 8.01. The highest BCUT2D eigenvalue weighted by Gasteiger charge is 2.08. The normalized spacial score (nSPS) is 11.0. The number of nitrogens with zero attached hydrogens (tertiary/aromatic N) is 2. The molecule has 0 radical (unpaired) electrons. The van der Waals surface area contributed by atoms with Crippen molar-refractivity contribution in [1.29, 1.82) is 0 Å². The number of hydrogen-bond donors (Lipinski definition) is 1. The van der Waals surface area contributed by atoms with Crippen molar-refractivity contribution in [2.75, 3.05) is 12.5 Å². The van der Waals surface area contributed by atoms with Gasteiger partial charge in [0.25, 0.3) is 0 Å². The molecule has 5 nitrogen and oxygen atoms in total. The summed E-state index contributed by atoms with van der Waals surface area (Å²) in [6.45, 7) is 2.11. The second kappa shape index (κ2) is 8.83. The SMILES string of the molecule is COc1ccc(C=NNc2nc(C)cs2)cc1OCc1ccc(F)cc1Cl. The smallest absolute Gasteiger partial charge is 0.203 e. The first-order chi connectivity index (χ1) is 13.0.